The maximum Gasteiger partial charge on any atom is 0.287 e. The highest BCUT2D eigenvalue weighted by Crippen LogP contribution is 2.10. The summed E-state index contributed by atoms with van der Waals surface area (Å²) in [4.78, 5) is 16.2. The predicted molar refractivity (Wildman–Crippen MR) is 105 cm³/mol. The van der Waals surface area contributed by atoms with Crippen molar-refractivity contribution in [2.45, 2.75) is 33.7 Å². The zero-order chi connectivity index (χ0) is 18.9. The third-order valence-electron chi connectivity index (χ3n) is 4.17. The van der Waals surface area contributed by atoms with Crippen molar-refractivity contribution in [3.05, 3.63) is 58.5 Å². The molecule has 0 aliphatic carbocycles. The Hall–Kier alpha value is -2.76. The second-order valence-electron chi connectivity index (χ2n) is 6.32. The van der Waals surface area contributed by atoms with Gasteiger partial charge in [0.15, 0.2) is 11.7 Å². The molecule has 6 nitrogen and oxygen atoms in total. The molecule has 2 aromatic rings. The number of aryl methyl sites for hydroxylation is 3. The molecule has 140 valence electrons. The van der Waals surface area contributed by atoms with Gasteiger partial charge in [0.1, 0.15) is 0 Å². The van der Waals surface area contributed by atoms with Crippen molar-refractivity contribution >= 4 is 11.9 Å². The zero-order valence-corrected chi connectivity index (χ0v) is 16.0. The molecule has 0 aliphatic heterocycles. The first-order valence-electron chi connectivity index (χ1n) is 8.84. The van der Waals surface area contributed by atoms with Crippen LogP contribution in [0.4, 0.5) is 0 Å². The van der Waals surface area contributed by atoms with E-state index in [2.05, 4.69) is 53.0 Å². The zero-order valence-electron chi connectivity index (χ0n) is 16.0. The molecule has 1 aromatic heterocycles. The maximum atomic E-state index is 11.9. The molecule has 0 saturated carbocycles. The van der Waals surface area contributed by atoms with Gasteiger partial charge in [-0.3, -0.25) is 9.79 Å². The van der Waals surface area contributed by atoms with E-state index in [4.69, 9.17) is 4.42 Å². The summed E-state index contributed by atoms with van der Waals surface area (Å²) in [5.74, 6) is 0.951. The van der Waals surface area contributed by atoms with Gasteiger partial charge in [0.25, 0.3) is 5.91 Å². The monoisotopic (exact) mass is 356 g/mol. The average Bonchev–Trinajstić information content (AvgIpc) is 3.04. The minimum absolute atomic E-state index is 0.176. The number of benzene rings is 1. The molecule has 0 radical (unpaired) electrons. The van der Waals surface area contributed by atoms with Crippen LogP contribution in [0, 0.1) is 20.8 Å². The lowest BCUT2D eigenvalue weighted by molar-refractivity contribution is 0.0925. The van der Waals surface area contributed by atoms with E-state index in [1.807, 2.05) is 6.92 Å². The molecule has 26 heavy (non-hydrogen) atoms. The largest absolute Gasteiger partial charge is 0.459 e. The summed E-state index contributed by atoms with van der Waals surface area (Å²) in [5.41, 5.74) is 4.63. The first kappa shape index (κ1) is 19.6. The highest BCUT2D eigenvalue weighted by molar-refractivity contribution is 5.92. The van der Waals surface area contributed by atoms with Crippen LogP contribution >= 0.6 is 0 Å². The predicted octanol–water partition coefficient (Wildman–Crippen LogP) is 2.69. The Balaban J connectivity index is 1.67. The molecule has 1 amide bonds. The summed E-state index contributed by atoms with van der Waals surface area (Å²) in [7, 11) is 1.75. The molecule has 0 unspecified atom stereocenters. The molecule has 3 N–H and O–H groups in total. The van der Waals surface area contributed by atoms with Crippen LogP contribution < -0.4 is 16.0 Å². The first-order valence-corrected chi connectivity index (χ1v) is 8.84. The minimum atomic E-state index is -0.176. The summed E-state index contributed by atoms with van der Waals surface area (Å²) in [6.07, 6.45) is 2.31. The molecule has 0 atom stereocenters. The van der Waals surface area contributed by atoms with Crippen LogP contribution in [0.2, 0.25) is 0 Å². The van der Waals surface area contributed by atoms with Gasteiger partial charge in [-0.15, -0.1) is 0 Å². The Bertz CT molecular complexity index is 765. The second kappa shape index (κ2) is 9.65. The number of furan rings is 1. The Labute approximate surface area is 155 Å². The van der Waals surface area contributed by atoms with Gasteiger partial charge in [-0.05, 0) is 44.4 Å². The van der Waals surface area contributed by atoms with E-state index in [1.165, 1.54) is 23.0 Å². The van der Waals surface area contributed by atoms with Crippen molar-refractivity contribution in [3.63, 3.8) is 0 Å². The standard InChI is InChI=1S/C20H28N4O2/c1-14-6-7-17(16(3)12-14)13-24-20(21-4)23-10-5-9-22-19(25)18-15(2)8-11-26-18/h6-8,11-12H,5,9-10,13H2,1-4H3,(H,22,25)(H2,21,23,24). The fourth-order valence-corrected chi connectivity index (χ4v) is 2.63. The lowest BCUT2D eigenvalue weighted by atomic mass is 10.1. The van der Waals surface area contributed by atoms with Crippen LogP contribution in [0.25, 0.3) is 0 Å². The van der Waals surface area contributed by atoms with E-state index in [1.54, 1.807) is 13.1 Å². The van der Waals surface area contributed by atoms with E-state index >= 15 is 0 Å². The number of aliphatic imine (C=N–C) groups is 1. The molecular weight excluding hydrogens is 328 g/mol. The van der Waals surface area contributed by atoms with Crippen LogP contribution in [0.15, 0.2) is 39.9 Å². The van der Waals surface area contributed by atoms with Crippen molar-refractivity contribution in [2.24, 2.45) is 4.99 Å². The lowest BCUT2D eigenvalue weighted by Crippen LogP contribution is -2.38. The number of hydrogen-bond donors (Lipinski definition) is 3. The van der Waals surface area contributed by atoms with Gasteiger partial charge in [-0.25, -0.2) is 0 Å². The molecule has 0 bridgehead atoms. The van der Waals surface area contributed by atoms with Crippen LogP contribution in [0.5, 0.6) is 0 Å². The Morgan fingerprint density at radius 3 is 2.46 bits per heavy atom. The summed E-state index contributed by atoms with van der Waals surface area (Å²) >= 11 is 0. The Kier molecular flexibility index (Phi) is 7.26. The molecule has 6 heteroatoms. The first-order chi connectivity index (χ1) is 12.5. The van der Waals surface area contributed by atoms with Crippen LogP contribution in [0.3, 0.4) is 0 Å². The summed E-state index contributed by atoms with van der Waals surface area (Å²) in [6.45, 7) is 8.07. The smallest absolute Gasteiger partial charge is 0.287 e. The molecule has 0 spiro atoms. The van der Waals surface area contributed by atoms with Crippen LogP contribution in [0.1, 0.15) is 39.2 Å². The number of hydrogen-bond acceptors (Lipinski definition) is 3. The number of rotatable bonds is 7. The molecule has 0 aliphatic rings. The maximum absolute atomic E-state index is 11.9. The third-order valence-corrected chi connectivity index (χ3v) is 4.17. The topological polar surface area (TPSA) is 78.7 Å². The number of carbonyl (C=O) groups is 1. The van der Waals surface area contributed by atoms with E-state index in [0.29, 0.717) is 18.8 Å². The number of carbonyl (C=O) groups excluding carboxylic acids is 1. The van der Waals surface area contributed by atoms with Gasteiger partial charge in [-0.2, -0.15) is 0 Å². The van der Waals surface area contributed by atoms with Gasteiger partial charge in [0.2, 0.25) is 0 Å². The summed E-state index contributed by atoms with van der Waals surface area (Å²) in [6, 6.07) is 8.21. The quantitative estimate of drug-likeness (QED) is 0.405. The number of amides is 1. The van der Waals surface area contributed by atoms with Gasteiger partial charge in [-0.1, -0.05) is 23.8 Å². The van der Waals surface area contributed by atoms with Crippen molar-refractivity contribution in [3.8, 4) is 0 Å². The Morgan fingerprint density at radius 1 is 1.04 bits per heavy atom. The van der Waals surface area contributed by atoms with Gasteiger partial charge >= 0.3 is 0 Å². The highest BCUT2D eigenvalue weighted by Gasteiger charge is 2.11. The number of nitrogens with one attached hydrogen (secondary N) is 3. The summed E-state index contributed by atoms with van der Waals surface area (Å²) < 4.78 is 5.17. The van der Waals surface area contributed by atoms with E-state index in [0.717, 1.165) is 24.5 Å². The number of guanidine groups is 1. The van der Waals surface area contributed by atoms with E-state index in [9.17, 15) is 4.79 Å². The van der Waals surface area contributed by atoms with Crippen molar-refractivity contribution in [1.82, 2.24) is 16.0 Å². The fraction of sp³-hybridized carbons (Fsp3) is 0.400. The van der Waals surface area contributed by atoms with Gasteiger partial charge in [0, 0.05) is 32.2 Å². The van der Waals surface area contributed by atoms with Crippen LogP contribution in [-0.4, -0.2) is 32.0 Å². The lowest BCUT2D eigenvalue weighted by Gasteiger charge is -2.13. The van der Waals surface area contributed by atoms with E-state index in [-0.39, 0.29) is 5.91 Å². The fourth-order valence-electron chi connectivity index (χ4n) is 2.63. The molecule has 1 heterocycles. The molecule has 2 rings (SSSR count). The molecule has 0 saturated heterocycles. The molecule has 1 aromatic carbocycles. The third kappa shape index (κ3) is 5.65. The highest BCUT2D eigenvalue weighted by atomic mass is 16.3. The number of nitrogens with zero attached hydrogens (tertiary/aromatic N) is 1. The summed E-state index contributed by atoms with van der Waals surface area (Å²) in [5, 5.41) is 9.42. The van der Waals surface area contributed by atoms with Crippen molar-refractivity contribution in [2.75, 3.05) is 20.1 Å². The minimum Gasteiger partial charge on any atom is -0.459 e. The van der Waals surface area contributed by atoms with Gasteiger partial charge < -0.3 is 20.4 Å². The average molecular weight is 356 g/mol. The van der Waals surface area contributed by atoms with Crippen molar-refractivity contribution in [1.29, 1.82) is 0 Å². The Morgan fingerprint density at radius 2 is 1.81 bits per heavy atom. The van der Waals surface area contributed by atoms with E-state index < -0.39 is 0 Å². The normalized spacial score (nSPS) is 11.3. The van der Waals surface area contributed by atoms with Crippen molar-refractivity contribution < 1.29 is 9.21 Å². The molecular formula is C20H28N4O2. The van der Waals surface area contributed by atoms with Gasteiger partial charge in [0.05, 0.1) is 6.26 Å². The second-order valence-corrected chi connectivity index (χ2v) is 6.32. The SMILES string of the molecule is CN=C(NCCCNC(=O)c1occc1C)NCc1ccc(C)cc1C. The molecule has 0 fully saturated rings. The van der Waals surface area contributed by atoms with Crippen LogP contribution in [-0.2, 0) is 6.54 Å².